The zero-order valence-corrected chi connectivity index (χ0v) is 24.9. The van der Waals surface area contributed by atoms with Crippen LogP contribution in [0.1, 0.15) is 45.0 Å². The number of carboxylic acids is 2. The molecule has 0 saturated heterocycles. The van der Waals surface area contributed by atoms with Crippen LogP contribution in [0.2, 0.25) is 0 Å². The van der Waals surface area contributed by atoms with E-state index in [1.807, 2.05) is 0 Å². The Kier molecular flexibility index (Phi) is 10.1. The third-order valence-electron chi connectivity index (χ3n) is 6.00. The first-order chi connectivity index (χ1) is 20.9. The Hall–Kier alpha value is -4.70. The zero-order chi connectivity index (χ0) is 32.1. The number of rotatable bonds is 16. The molecule has 0 aliphatic heterocycles. The number of fused-ring (bicyclic) bond motifs is 2. The highest BCUT2D eigenvalue weighted by Gasteiger charge is 2.24. The zero-order valence-electron chi connectivity index (χ0n) is 23.2. The lowest BCUT2D eigenvalue weighted by Gasteiger charge is -2.14. The van der Waals surface area contributed by atoms with Crippen molar-refractivity contribution in [3.8, 4) is 23.3 Å². The average molecular weight is 651 g/mol. The van der Waals surface area contributed by atoms with Crippen molar-refractivity contribution in [3.63, 3.8) is 0 Å². The number of ketones is 2. The molecule has 44 heavy (non-hydrogen) atoms. The smallest absolute Gasteiger partial charge is 0.303 e. The number of hydrogen-bond acceptors (Lipinski definition) is 12. The van der Waals surface area contributed by atoms with Crippen LogP contribution in [0.3, 0.4) is 0 Å². The summed E-state index contributed by atoms with van der Waals surface area (Å²) in [4.78, 5) is 55.2. The molecule has 232 valence electrons. The van der Waals surface area contributed by atoms with Gasteiger partial charge in [-0.1, -0.05) is 6.58 Å². The van der Waals surface area contributed by atoms with Gasteiger partial charge in [0.05, 0.1) is 47.6 Å². The first kappa shape index (κ1) is 32.2. The lowest BCUT2D eigenvalue weighted by molar-refractivity contribution is -0.137. The number of pyridine rings is 2. The van der Waals surface area contributed by atoms with Crippen LogP contribution in [0.25, 0.3) is 20.4 Å². The molecule has 4 aromatic heterocycles. The fraction of sp³-hybridized carbons (Fsp3) is 0.286. The van der Waals surface area contributed by atoms with Gasteiger partial charge in [0, 0.05) is 12.8 Å². The molecule has 0 aliphatic rings. The molecule has 4 rings (SSSR count). The van der Waals surface area contributed by atoms with Gasteiger partial charge in [-0.25, -0.2) is 8.78 Å². The van der Waals surface area contributed by atoms with Crippen molar-refractivity contribution in [2.45, 2.75) is 25.7 Å². The largest absolute Gasteiger partial charge is 0.481 e. The molecule has 0 saturated carbocycles. The molecule has 0 amide bonds. The predicted octanol–water partition coefficient (Wildman–Crippen LogP) is 5.31. The molecule has 0 radical (unpaired) electrons. The van der Waals surface area contributed by atoms with E-state index >= 15 is 8.78 Å². The monoisotopic (exact) mass is 650 g/mol. The molecule has 0 aliphatic carbocycles. The van der Waals surface area contributed by atoms with Gasteiger partial charge in [-0.05, 0) is 17.7 Å². The SMILES string of the molecule is C=C(COc1c(OC)nc2sc(C(=O)CCC(=O)O)cc2c1F)COc1c(OC)nc2sc(C(=O)CCC(=O)O)cc2c1F. The van der Waals surface area contributed by atoms with E-state index in [4.69, 9.17) is 29.2 Å². The number of hydrogen-bond donors (Lipinski definition) is 2. The number of aliphatic carboxylic acids is 2. The minimum absolute atomic E-state index is 0.0194. The van der Waals surface area contributed by atoms with E-state index in [2.05, 4.69) is 16.5 Å². The number of ether oxygens (including phenoxy) is 4. The lowest BCUT2D eigenvalue weighted by atomic mass is 10.2. The normalized spacial score (nSPS) is 11.0. The number of carbonyl (C=O) groups excluding carboxylic acids is 2. The van der Waals surface area contributed by atoms with E-state index in [0.29, 0.717) is 0 Å². The van der Waals surface area contributed by atoms with Crippen LogP contribution in [0.5, 0.6) is 23.3 Å². The molecule has 0 atom stereocenters. The van der Waals surface area contributed by atoms with E-state index in [-0.39, 0.29) is 97.9 Å². The maximum Gasteiger partial charge on any atom is 0.303 e. The summed E-state index contributed by atoms with van der Waals surface area (Å²) in [6, 6.07) is 2.54. The van der Waals surface area contributed by atoms with E-state index < -0.39 is 35.1 Å². The molecule has 0 bridgehead atoms. The number of thiophene rings is 2. The van der Waals surface area contributed by atoms with Crippen LogP contribution < -0.4 is 18.9 Å². The Labute approximate surface area is 255 Å². The Morgan fingerprint density at radius 1 is 0.750 bits per heavy atom. The predicted molar refractivity (Wildman–Crippen MR) is 155 cm³/mol. The van der Waals surface area contributed by atoms with Crippen LogP contribution >= 0.6 is 22.7 Å². The van der Waals surface area contributed by atoms with Crippen LogP contribution in [-0.2, 0) is 9.59 Å². The summed E-state index contributed by atoms with van der Waals surface area (Å²) >= 11 is 1.78. The molecule has 12 nitrogen and oxygen atoms in total. The summed E-state index contributed by atoms with van der Waals surface area (Å²) in [5.74, 6) is -6.07. The first-order valence-electron chi connectivity index (χ1n) is 12.7. The first-order valence-corrected chi connectivity index (χ1v) is 14.3. The Morgan fingerprint density at radius 3 is 1.48 bits per heavy atom. The van der Waals surface area contributed by atoms with Gasteiger partial charge < -0.3 is 29.2 Å². The van der Waals surface area contributed by atoms with Gasteiger partial charge in [-0.2, -0.15) is 9.97 Å². The van der Waals surface area contributed by atoms with Gasteiger partial charge in [0.25, 0.3) is 11.8 Å². The van der Waals surface area contributed by atoms with Crippen LogP contribution in [0.15, 0.2) is 24.3 Å². The molecule has 0 fully saturated rings. The molecule has 2 N–H and O–H groups in total. The van der Waals surface area contributed by atoms with Gasteiger partial charge in [0.15, 0.2) is 23.2 Å². The molecule has 4 aromatic rings. The molecular formula is C28H24F2N2O10S2. The maximum absolute atomic E-state index is 15.4. The summed E-state index contributed by atoms with van der Waals surface area (Å²) in [6.45, 7) is 3.18. The Bertz CT molecular complexity index is 1670. The van der Waals surface area contributed by atoms with Crippen molar-refractivity contribution < 1.29 is 57.1 Å². The Balaban J connectivity index is 1.48. The van der Waals surface area contributed by atoms with E-state index in [1.165, 1.54) is 26.4 Å². The second-order valence-electron chi connectivity index (χ2n) is 9.15. The summed E-state index contributed by atoms with van der Waals surface area (Å²) in [5, 5.41) is 17.6. The van der Waals surface area contributed by atoms with Gasteiger partial charge in [-0.3, -0.25) is 19.2 Å². The Morgan fingerprint density at radius 2 is 1.14 bits per heavy atom. The van der Waals surface area contributed by atoms with Crippen molar-refractivity contribution in [2.75, 3.05) is 27.4 Å². The second-order valence-corrected chi connectivity index (χ2v) is 11.2. The summed E-state index contributed by atoms with van der Waals surface area (Å²) in [7, 11) is 2.50. The number of halogens is 2. The standard InChI is InChI=1S/C28H24F2N2O10S2/c1-12(10-41-23-21(29)13-8-17(15(33)4-6-19(35)36)43-27(13)31-25(23)39-2)11-42-24-22(30)14-9-18(16(34)5-7-20(37)38)44-28(14)32-26(24)40-3/h8-9H,1,4-7,10-11H2,2-3H3,(H,35,36)(H,37,38). The molecule has 16 heteroatoms. The lowest BCUT2D eigenvalue weighted by Crippen LogP contribution is -2.11. The van der Waals surface area contributed by atoms with E-state index in [9.17, 15) is 19.2 Å². The molecular weight excluding hydrogens is 626 g/mol. The summed E-state index contributed by atoms with van der Waals surface area (Å²) in [6.07, 6.45) is -1.24. The van der Waals surface area contributed by atoms with E-state index in [1.54, 1.807) is 0 Å². The van der Waals surface area contributed by atoms with Gasteiger partial charge in [0.2, 0.25) is 11.5 Å². The maximum atomic E-state index is 15.4. The van der Waals surface area contributed by atoms with Gasteiger partial charge in [0.1, 0.15) is 22.9 Å². The van der Waals surface area contributed by atoms with Crippen molar-refractivity contribution in [3.05, 3.63) is 45.7 Å². The van der Waals surface area contributed by atoms with Gasteiger partial charge in [-0.15, -0.1) is 22.7 Å². The van der Waals surface area contributed by atoms with Crippen LogP contribution in [-0.4, -0.2) is 71.1 Å². The summed E-state index contributed by atoms with van der Waals surface area (Å²) < 4.78 is 52.3. The minimum Gasteiger partial charge on any atom is -0.481 e. The number of methoxy groups -OCH3 is 2. The molecule has 4 heterocycles. The number of carbonyl (C=O) groups is 4. The number of nitrogens with zero attached hydrogens (tertiary/aromatic N) is 2. The highest BCUT2D eigenvalue weighted by atomic mass is 32.1. The topological polar surface area (TPSA) is 171 Å². The van der Waals surface area contributed by atoms with Crippen molar-refractivity contribution >= 4 is 66.6 Å². The number of carboxylic acid groups (broad SMARTS) is 2. The molecule has 0 aromatic carbocycles. The van der Waals surface area contributed by atoms with Crippen molar-refractivity contribution in [2.24, 2.45) is 0 Å². The number of aromatic nitrogens is 2. The second kappa shape index (κ2) is 13.7. The quantitative estimate of drug-likeness (QED) is 0.118. The fourth-order valence-corrected chi connectivity index (χ4v) is 5.82. The van der Waals surface area contributed by atoms with Crippen molar-refractivity contribution in [1.29, 1.82) is 0 Å². The van der Waals surface area contributed by atoms with E-state index in [0.717, 1.165) is 22.7 Å². The highest BCUT2D eigenvalue weighted by molar-refractivity contribution is 7.20. The highest BCUT2D eigenvalue weighted by Crippen LogP contribution is 2.39. The third kappa shape index (κ3) is 7.08. The molecule has 0 unspecified atom stereocenters. The third-order valence-corrected chi connectivity index (χ3v) is 8.14. The average Bonchev–Trinajstić information content (AvgIpc) is 3.62. The summed E-state index contributed by atoms with van der Waals surface area (Å²) in [5.41, 5.74) is 0.234. The minimum atomic E-state index is -1.13. The van der Waals surface area contributed by atoms with Crippen molar-refractivity contribution in [1.82, 2.24) is 9.97 Å². The van der Waals surface area contributed by atoms with Crippen LogP contribution in [0.4, 0.5) is 8.78 Å². The van der Waals surface area contributed by atoms with Crippen LogP contribution in [0, 0.1) is 11.6 Å². The fourth-order valence-electron chi connectivity index (χ4n) is 3.84. The molecule has 0 spiro atoms. The van der Waals surface area contributed by atoms with Gasteiger partial charge >= 0.3 is 11.9 Å². The number of Topliss-reactive ketones (excluding diaryl/α,β-unsaturated/α-hetero) is 2.